The molecule has 0 saturated heterocycles. The largest absolute Gasteiger partial charge is 0.491 e. The van der Waals surface area contributed by atoms with Crippen LogP contribution < -0.4 is 20.7 Å². The first-order chi connectivity index (χ1) is 17.3. The van der Waals surface area contributed by atoms with E-state index >= 15 is 0 Å². The molecule has 2 atom stereocenters. The molecule has 7 heteroatoms. The minimum absolute atomic E-state index is 0.0722. The van der Waals surface area contributed by atoms with E-state index in [1.165, 1.54) is 13.8 Å². The van der Waals surface area contributed by atoms with Crippen molar-refractivity contribution in [3.05, 3.63) is 90.0 Å². The Morgan fingerprint density at radius 1 is 0.806 bits per heavy atom. The minimum Gasteiger partial charge on any atom is -0.491 e. The summed E-state index contributed by atoms with van der Waals surface area (Å²) < 4.78 is 5.65. The molecular weight excluding hydrogens is 454 g/mol. The first-order valence-electron chi connectivity index (χ1n) is 12.1. The van der Waals surface area contributed by atoms with E-state index < -0.39 is 6.10 Å². The number of carbonyl (C=O) groups excluding carboxylic acids is 2. The molecule has 3 aromatic rings. The molecule has 36 heavy (non-hydrogen) atoms. The molecule has 2 amide bonds. The summed E-state index contributed by atoms with van der Waals surface area (Å²) in [4.78, 5) is 22.8. The van der Waals surface area contributed by atoms with Gasteiger partial charge in [0.25, 0.3) is 0 Å². The Balaban J connectivity index is 1.66. The molecule has 3 aromatic carbocycles. The van der Waals surface area contributed by atoms with Crippen LogP contribution in [0.3, 0.4) is 0 Å². The molecule has 3 rings (SSSR count). The molecule has 0 aliphatic rings. The van der Waals surface area contributed by atoms with Crippen LogP contribution in [0, 0.1) is 0 Å². The molecule has 0 aliphatic carbocycles. The van der Waals surface area contributed by atoms with E-state index in [1.807, 2.05) is 78.9 Å². The number of ether oxygens (including phenoxy) is 1. The van der Waals surface area contributed by atoms with Crippen molar-refractivity contribution in [2.24, 2.45) is 0 Å². The number of benzene rings is 3. The number of aliphatic hydroxyl groups excluding tert-OH is 1. The summed E-state index contributed by atoms with van der Waals surface area (Å²) >= 11 is 0. The lowest BCUT2D eigenvalue weighted by Crippen LogP contribution is -2.37. The van der Waals surface area contributed by atoms with Crippen molar-refractivity contribution in [3.63, 3.8) is 0 Å². The van der Waals surface area contributed by atoms with Crippen molar-refractivity contribution in [3.8, 4) is 5.75 Å². The quantitative estimate of drug-likeness (QED) is 0.299. The zero-order valence-corrected chi connectivity index (χ0v) is 21.0. The van der Waals surface area contributed by atoms with E-state index in [0.717, 1.165) is 34.7 Å². The number of carbonyl (C=O) groups is 2. The maximum absolute atomic E-state index is 11.4. The zero-order valence-electron chi connectivity index (χ0n) is 21.0. The fourth-order valence-electron chi connectivity index (χ4n) is 4.01. The van der Waals surface area contributed by atoms with Crippen LogP contribution in [0.15, 0.2) is 78.9 Å². The SMILES string of the molecule is CC(=O)Nc1ccc(C(CC(C)NCC(O)COc2ccccc2)c2ccc(NC(C)=O)cc2)cc1. The highest BCUT2D eigenvalue weighted by molar-refractivity contribution is 5.89. The van der Waals surface area contributed by atoms with Crippen LogP contribution in [-0.4, -0.2) is 42.2 Å². The summed E-state index contributed by atoms with van der Waals surface area (Å²) in [5, 5.41) is 19.4. The molecular formula is C29H35N3O4. The van der Waals surface area contributed by atoms with E-state index in [9.17, 15) is 14.7 Å². The Labute approximate surface area is 212 Å². The van der Waals surface area contributed by atoms with Crippen LogP contribution in [0.4, 0.5) is 11.4 Å². The van der Waals surface area contributed by atoms with Gasteiger partial charge in [-0.05, 0) is 60.9 Å². The van der Waals surface area contributed by atoms with Crippen molar-refractivity contribution in [1.82, 2.24) is 5.32 Å². The zero-order chi connectivity index (χ0) is 25.9. The Morgan fingerprint density at radius 2 is 1.31 bits per heavy atom. The molecule has 7 nitrogen and oxygen atoms in total. The lowest BCUT2D eigenvalue weighted by atomic mass is 9.86. The fourth-order valence-corrected chi connectivity index (χ4v) is 4.01. The second-order valence-electron chi connectivity index (χ2n) is 8.98. The molecule has 0 aromatic heterocycles. The number of hydrogen-bond acceptors (Lipinski definition) is 5. The summed E-state index contributed by atoms with van der Waals surface area (Å²) in [5.74, 6) is 0.582. The van der Waals surface area contributed by atoms with E-state index in [0.29, 0.717) is 6.54 Å². The van der Waals surface area contributed by atoms with Crippen LogP contribution in [0.2, 0.25) is 0 Å². The first kappa shape index (κ1) is 26.9. The Kier molecular flexibility index (Phi) is 10.0. The number of rotatable bonds is 12. The summed E-state index contributed by atoms with van der Waals surface area (Å²) in [7, 11) is 0. The van der Waals surface area contributed by atoms with Gasteiger partial charge in [-0.3, -0.25) is 9.59 Å². The molecule has 0 heterocycles. The van der Waals surface area contributed by atoms with Crippen LogP contribution >= 0.6 is 0 Å². The summed E-state index contributed by atoms with van der Waals surface area (Å²) in [6.07, 6.45) is 0.144. The molecule has 0 bridgehead atoms. The van der Waals surface area contributed by atoms with Gasteiger partial charge >= 0.3 is 0 Å². The third-order valence-corrected chi connectivity index (χ3v) is 5.74. The van der Waals surface area contributed by atoms with Crippen LogP contribution in [0.1, 0.15) is 44.2 Å². The van der Waals surface area contributed by atoms with E-state index in [1.54, 1.807) is 0 Å². The molecule has 0 radical (unpaired) electrons. The highest BCUT2D eigenvalue weighted by atomic mass is 16.5. The standard InChI is InChI=1S/C29H35N3O4/c1-20(30-18-27(35)19-36-28-7-5-4-6-8-28)17-29(23-9-13-25(14-10-23)31-21(2)33)24-11-15-26(16-12-24)32-22(3)34/h4-16,20,27,29-30,35H,17-19H2,1-3H3,(H,31,33)(H,32,34). The highest BCUT2D eigenvalue weighted by Crippen LogP contribution is 2.31. The van der Waals surface area contributed by atoms with E-state index in [-0.39, 0.29) is 30.4 Å². The normalized spacial score (nSPS) is 12.6. The van der Waals surface area contributed by atoms with Gasteiger partial charge in [0.2, 0.25) is 11.8 Å². The maximum atomic E-state index is 11.4. The molecule has 0 aliphatic heterocycles. The van der Waals surface area contributed by atoms with Gasteiger partial charge in [0, 0.05) is 43.7 Å². The van der Waals surface area contributed by atoms with Gasteiger partial charge in [0.05, 0.1) is 0 Å². The lowest BCUT2D eigenvalue weighted by molar-refractivity contribution is -0.115. The smallest absolute Gasteiger partial charge is 0.221 e. The van der Waals surface area contributed by atoms with Gasteiger partial charge in [-0.15, -0.1) is 0 Å². The average molecular weight is 490 g/mol. The summed E-state index contributed by atoms with van der Waals surface area (Å²) in [6.45, 7) is 5.68. The van der Waals surface area contributed by atoms with Crippen LogP contribution in [-0.2, 0) is 9.59 Å². The predicted octanol–water partition coefficient (Wildman–Crippen LogP) is 4.54. The van der Waals surface area contributed by atoms with Gasteiger partial charge in [0.1, 0.15) is 18.5 Å². The Bertz CT molecular complexity index is 1040. The lowest BCUT2D eigenvalue weighted by Gasteiger charge is -2.24. The third-order valence-electron chi connectivity index (χ3n) is 5.74. The topological polar surface area (TPSA) is 99.7 Å². The molecule has 2 unspecified atom stereocenters. The third kappa shape index (κ3) is 8.83. The van der Waals surface area contributed by atoms with Crippen LogP contribution in [0.5, 0.6) is 5.75 Å². The second-order valence-corrected chi connectivity index (χ2v) is 8.98. The number of anilines is 2. The van der Waals surface area contributed by atoms with Crippen molar-refractivity contribution in [1.29, 1.82) is 0 Å². The molecule has 190 valence electrons. The average Bonchev–Trinajstić information content (AvgIpc) is 2.86. The number of aliphatic hydroxyl groups is 1. The monoisotopic (exact) mass is 489 g/mol. The maximum Gasteiger partial charge on any atom is 0.221 e. The Morgan fingerprint density at radius 3 is 1.78 bits per heavy atom. The van der Waals surface area contributed by atoms with Gasteiger partial charge < -0.3 is 25.8 Å². The van der Waals surface area contributed by atoms with Crippen LogP contribution in [0.25, 0.3) is 0 Å². The van der Waals surface area contributed by atoms with Crippen molar-refractivity contribution in [2.75, 3.05) is 23.8 Å². The number of para-hydroxylation sites is 1. The summed E-state index contributed by atoms with van der Waals surface area (Å²) in [5.41, 5.74) is 3.72. The molecule has 4 N–H and O–H groups in total. The Hall–Kier alpha value is -3.68. The molecule has 0 spiro atoms. The number of amides is 2. The van der Waals surface area contributed by atoms with Gasteiger partial charge in [-0.2, -0.15) is 0 Å². The van der Waals surface area contributed by atoms with Crippen molar-refractivity contribution in [2.45, 2.75) is 45.3 Å². The second kappa shape index (κ2) is 13.4. The van der Waals surface area contributed by atoms with Gasteiger partial charge in [-0.25, -0.2) is 0 Å². The first-order valence-corrected chi connectivity index (χ1v) is 12.1. The van der Waals surface area contributed by atoms with E-state index in [2.05, 4.69) is 22.9 Å². The number of hydrogen-bond donors (Lipinski definition) is 4. The van der Waals surface area contributed by atoms with E-state index in [4.69, 9.17) is 4.74 Å². The van der Waals surface area contributed by atoms with Crippen molar-refractivity contribution >= 4 is 23.2 Å². The van der Waals surface area contributed by atoms with Gasteiger partial charge in [0.15, 0.2) is 0 Å². The molecule has 0 fully saturated rings. The predicted molar refractivity (Wildman–Crippen MR) is 143 cm³/mol. The van der Waals surface area contributed by atoms with Gasteiger partial charge in [-0.1, -0.05) is 42.5 Å². The summed E-state index contributed by atoms with van der Waals surface area (Å²) in [6, 6.07) is 25.2. The minimum atomic E-state index is -0.639. The fraction of sp³-hybridized carbons (Fsp3) is 0.310. The van der Waals surface area contributed by atoms with Crippen molar-refractivity contribution < 1.29 is 19.4 Å². The number of nitrogens with one attached hydrogen (secondary N) is 3. The highest BCUT2D eigenvalue weighted by Gasteiger charge is 2.19. The molecule has 0 saturated carbocycles.